The number of carbonyl (C=O) groups is 1. The molecule has 0 amide bonds. The van der Waals surface area contributed by atoms with Crippen molar-refractivity contribution in [2.45, 2.75) is 26.9 Å². The van der Waals surface area contributed by atoms with Crippen LogP contribution in [0.1, 0.15) is 32.7 Å². The molecular weight excluding hydrogens is 324 g/mol. The number of rotatable bonds is 5. The molecule has 0 N–H and O–H groups in total. The lowest BCUT2D eigenvalue weighted by atomic mass is 10.0. The van der Waals surface area contributed by atoms with Gasteiger partial charge < -0.3 is 4.74 Å². The number of nitrogens with zero attached hydrogens (tertiary/aromatic N) is 2. The molecule has 0 aliphatic rings. The topological polar surface area (TPSA) is 42.4 Å². The van der Waals surface area contributed by atoms with Gasteiger partial charge in [0.25, 0.3) is 0 Å². The number of aryl methyl sites for hydroxylation is 2. The maximum absolute atomic E-state index is 12.4. The van der Waals surface area contributed by atoms with Crippen molar-refractivity contribution < 1.29 is 9.53 Å². The number of ether oxygens (including phenoxy) is 1. The summed E-state index contributed by atoms with van der Waals surface area (Å²) in [6.07, 6.45) is 0. The number of fused-ring (bicyclic) bond motifs is 1. The smallest absolute Gasteiger partial charge is 0.340 e. The average Bonchev–Trinajstić information content (AvgIpc) is 2.63. The lowest BCUT2D eigenvalue weighted by molar-refractivity contribution is 0.0597. The van der Waals surface area contributed by atoms with Crippen molar-refractivity contribution in [3.63, 3.8) is 0 Å². The van der Waals surface area contributed by atoms with Gasteiger partial charge in [-0.05, 0) is 43.7 Å². The van der Waals surface area contributed by atoms with Gasteiger partial charge in [0, 0.05) is 18.5 Å². The van der Waals surface area contributed by atoms with Gasteiger partial charge in [0.1, 0.15) is 0 Å². The third-order valence-electron chi connectivity index (χ3n) is 4.74. The first kappa shape index (κ1) is 18.1. The Morgan fingerprint density at radius 3 is 2.46 bits per heavy atom. The Labute approximate surface area is 154 Å². The first-order chi connectivity index (χ1) is 12.5. The first-order valence-electron chi connectivity index (χ1n) is 8.71. The lowest BCUT2D eigenvalue weighted by Gasteiger charge is -2.20. The van der Waals surface area contributed by atoms with E-state index in [1.165, 1.54) is 18.2 Å². The lowest BCUT2D eigenvalue weighted by Crippen LogP contribution is -2.21. The average molecular weight is 348 g/mol. The van der Waals surface area contributed by atoms with Crippen molar-refractivity contribution in [3.8, 4) is 0 Å². The molecule has 0 radical (unpaired) electrons. The highest BCUT2D eigenvalue weighted by Crippen LogP contribution is 2.25. The quantitative estimate of drug-likeness (QED) is 0.646. The Morgan fingerprint density at radius 1 is 1.04 bits per heavy atom. The second kappa shape index (κ2) is 7.67. The fourth-order valence-corrected chi connectivity index (χ4v) is 3.32. The minimum absolute atomic E-state index is 0.333. The van der Waals surface area contributed by atoms with Crippen molar-refractivity contribution in [3.05, 3.63) is 76.5 Å². The summed E-state index contributed by atoms with van der Waals surface area (Å²) in [4.78, 5) is 19.4. The van der Waals surface area contributed by atoms with Crippen molar-refractivity contribution in [1.29, 1.82) is 0 Å². The van der Waals surface area contributed by atoms with E-state index >= 15 is 0 Å². The maximum atomic E-state index is 12.4. The van der Waals surface area contributed by atoms with Crippen molar-refractivity contribution in [1.82, 2.24) is 9.88 Å². The molecule has 0 bridgehead atoms. The number of hydrogen-bond donors (Lipinski definition) is 0. The molecular formula is C22H24N2O2. The Bertz CT molecular complexity index is 950. The second-order valence-corrected chi connectivity index (χ2v) is 6.67. The number of para-hydroxylation sites is 1. The zero-order valence-electron chi connectivity index (χ0n) is 15.7. The van der Waals surface area contributed by atoms with E-state index in [4.69, 9.17) is 9.72 Å². The molecule has 0 fully saturated rings. The van der Waals surface area contributed by atoms with Gasteiger partial charge in [0.05, 0.1) is 23.9 Å². The van der Waals surface area contributed by atoms with Crippen molar-refractivity contribution in [2.24, 2.45) is 0 Å². The molecule has 1 aromatic heterocycles. The van der Waals surface area contributed by atoms with Gasteiger partial charge in [-0.25, -0.2) is 4.79 Å². The SMILES string of the molecule is COC(=O)c1c(CN(C)Cc2ccccc2C)nc2ccccc2c1C. The number of methoxy groups -OCH3 is 1. The predicted molar refractivity (Wildman–Crippen MR) is 104 cm³/mol. The van der Waals surface area contributed by atoms with Crippen LogP contribution in [0.25, 0.3) is 10.9 Å². The molecule has 26 heavy (non-hydrogen) atoms. The van der Waals surface area contributed by atoms with Crippen LogP contribution in [0.15, 0.2) is 48.5 Å². The van der Waals surface area contributed by atoms with Crippen LogP contribution in [0, 0.1) is 13.8 Å². The van der Waals surface area contributed by atoms with Crippen LogP contribution in [-0.2, 0) is 17.8 Å². The molecule has 134 valence electrons. The Balaban J connectivity index is 1.98. The zero-order valence-corrected chi connectivity index (χ0v) is 15.7. The number of carbonyl (C=O) groups excluding carboxylic acids is 1. The summed E-state index contributed by atoms with van der Waals surface area (Å²) in [5.74, 6) is -0.333. The van der Waals surface area contributed by atoms with Gasteiger partial charge >= 0.3 is 5.97 Å². The minimum Gasteiger partial charge on any atom is -0.465 e. The van der Waals surface area contributed by atoms with Crippen LogP contribution in [0.5, 0.6) is 0 Å². The normalized spacial score (nSPS) is 11.1. The van der Waals surface area contributed by atoms with Crippen LogP contribution in [0.4, 0.5) is 0 Å². The summed E-state index contributed by atoms with van der Waals surface area (Å²) < 4.78 is 5.03. The Kier molecular flexibility index (Phi) is 5.33. The van der Waals surface area contributed by atoms with E-state index in [1.54, 1.807) is 0 Å². The summed E-state index contributed by atoms with van der Waals surface area (Å²) in [5.41, 5.74) is 5.67. The third-order valence-corrected chi connectivity index (χ3v) is 4.74. The fraction of sp³-hybridized carbons (Fsp3) is 0.273. The molecule has 1 heterocycles. The number of aromatic nitrogens is 1. The predicted octanol–water partition coefficient (Wildman–Crippen LogP) is 4.27. The van der Waals surface area contributed by atoms with Crippen molar-refractivity contribution >= 4 is 16.9 Å². The molecule has 0 saturated carbocycles. The molecule has 0 aliphatic carbocycles. The van der Waals surface area contributed by atoms with E-state index in [9.17, 15) is 4.79 Å². The Hall–Kier alpha value is -2.72. The van der Waals surface area contributed by atoms with Crippen LogP contribution in [-0.4, -0.2) is 30.0 Å². The standard InChI is InChI=1S/C22H24N2O2/c1-15-9-5-6-10-17(15)13-24(3)14-20-21(22(25)26-4)16(2)18-11-7-8-12-19(18)23-20/h5-12H,13-14H2,1-4H3. The van der Waals surface area contributed by atoms with Gasteiger partial charge in [0.2, 0.25) is 0 Å². The highest BCUT2D eigenvalue weighted by atomic mass is 16.5. The Morgan fingerprint density at radius 2 is 1.73 bits per heavy atom. The fourth-order valence-electron chi connectivity index (χ4n) is 3.32. The van der Waals surface area contributed by atoms with E-state index in [0.29, 0.717) is 12.1 Å². The van der Waals surface area contributed by atoms with Gasteiger partial charge in [-0.3, -0.25) is 9.88 Å². The molecule has 4 heteroatoms. The zero-order chi connectivity index (χ0) is 18.7. The van der Waals surface area contributed by atoms with Crippen molar-refractivity contribution in [2.75, 3.05) is 14.2 Å². The summed E-state index contributed by atoms with van der Waals surface area (Å²) in [5, 5.41) is 0.984. The van der Waals surface area contributed by atoms with E-state index in [2.05, 4.69) is 30.0 Å². The largest absolute Gasteiger partial charge is 0.465 e. The van der Waals surface area contributed by atoms with Gasteiger partial charge in [-0.1, -0.05) is 42.5 Å². The second-order valence-electron chi connectivity index (χ2n) is 6.67. The first-order valence-corrected chi connectivity index (χ1v) is 8.71. The number of esters is 1. The summed E-state index contributed by atoms with van der Waals surface area (Å²) in [7, 11) is 3.46. The molecule has 0 spiro atoms. The maximum Gasteiger partial charge on any atom is 0.340 e. The molecule has 2 aromatic carbocycles. The van der Waals surface area contributed by atoms with Gasteiger partial charge in [-0.2, -0.15) is 0 Å². The van der Waals surface area contributed by atoms with Crippen LogP contribution >= 0.6 is 0 Å². The van der Waals surface area contributed by atoms with E-state index in [1.807, 2.05) is 44.3 Å². The molecule has 0 unspecified atom stereocenters. The monoisotopic (exact) mass is 348 g/mol. The van der Waals surface area contributed by atoms with Crippen LogP contribution in [0.3, 0.4) is 0 Å². The number of pyridine rings is 1. The highest BCUT2D eigenvalue weighted by Gasteiger charge is 2.20. The molecule has 3 aromatic rings. The van der Waals surface area contributed by atoms with E-state index in [-0.39, 0.29) is 5.97 Å². The van der Waals surface area contributed by atoms with Gasteiger partial charge in [0.15, 0.2) is 0 Å². The summed E-state index contributed by atoms with van der Waals surface area (Å²) in [6, 6.07) is 16.2. The highest BCUT2D eigenvalue weighted by molar-refractivity contribution is 5.98. The number of hydrogen-bond acceptors (Lipinski definition) is 4. The third kappa shape index (κ3) is 3.60. The molecule has 0 atom stereocenters. The molecule has 0 aliphatic heterocycles. The van der Waals surface area contributed by atoms with Crippen LogP contribution in [0.2, 0.25) is 0 Å². The molecule has 4 nitrogen and oxygen atoms in total. The van der Waals surface area contributed by atoms with E-state index < -0.39 is 0 Å². The van der Waals surface area contributed by atoms with E-state index in [0.717, 1.165) is 28.7 Å². The van der Waals surface area contributed by atoms with Gasteiger partial charge in [-0.15, -0.1) is 0 Å². The summed E-state index contributed by atoms with van der Waals surface area (Å²) in [6.45, 7) is 5.44. The molecule has 3 rings (SSSR count). The molecule has 0 saturated heterocycles. The number of benzene rings is 2. The minimum atomic E-state index is -0.333. The summed E-state index contributed by atoms with van der Waals surface area (Å²) >= 11 is 0. The van der Waals surface area contributed by atoms with Crippen LogP contribution < -0.4 is 0 Å².